The third-order valence-electron chi connectivity index (χ3n) is 6.02. The normalized spacial score (nSPS) is 20.2. The second kappa shape index (κ2) is 8.04. The Kier molecular flexibility index (Phi) is 5.59. The number of rotatable bonds is 4. The standard InChI is InChI=1S/C22H28ClN5O2/c1-14-9-15(2)11-27(10-14)13-18-24-20-19(21(29)26(4)22(30)25(20)3)28(18)12-16-7-5-6-8-17(16)23/h5-8,14-15H,9-13H2,1-4H3/t14-,15-/m1/s1. The number of likely N-dealkylation sites (tertiary alicyclic amines) is 1. The van der Waals surface area contributed by atoms with Crippen LogP contribution in [-0.4, -0.2) is 36.7 Å². The Morgan fingerprint density at radius 2 is 1.70 bits per heavy atom. The van der Waals surface area contributed by atoms with Crippen molar-refractivity contribution < 1.29 is 0 Å². The second-order valence-corrected chi connectivity index (χ2v) is 9.13. The van der Waals surface area contributed by atoms with Crippen LogP contribution < -0.4 is 11.2 Å². The molecule has 8 heteroatoms. The molecule has 1 aliphatic rings. The number of halogens is 1. The number of hydrogen-bond acceptors (Lipinski definition) is 4. The van der Waals surface area contributed by atoms with Crippen molar-refractivity contribution in [3.8, 4) is 0 Å². The first-order valence-electron chi connectivity index (χ1n) is 10.4. The first kappa shape index (κ1) is 20.9. The van der Waals surface area contributed by atoms with E-state index in [0.29, 0.717) is 41.1 Å². The van der Waals surface area contributed by atoms with Gasteiger partial charge in [-0.1, -0.05) is 43.6 Å². The molecule has 0 radical (unpaired) electrons. The van der Waals surface area contributed by atoms with E-state index in [1.165, 1.54) is 18.0 Å². The van der Waals surface area contributed by atoms with Crippen LogP contribution in [0.5, 0.6) is 0 Å². The van der Waals surface area contributed by atoms with Crippen LogP contribution in [0, 0.1) is 11.8 Å². The smallest absolute Gasteiger partial charge is 0.316 e. The van der Waals surface area contributed by atoms with Gasteiger partial charge in [-0.15, -0.1) is 0 Å². The van der Waals surface area contributed by atoms with Gasteiger partial charge in [0.1, 0.15) is 5.82 Å². The van der Waals surface area contributed by atoms with Crippen molar-refractivity contribution in [2.45, 2.75) is 33.4 Å². The van der Waals surface area contributed by atoms with Crippen LogP contribution in [0.4, 0.5) is 0 Å². The maximum Gasteiger partial charge on any atom is 0.332 e. The lowest BCUT2D eigenvalue weighted by molar-refractivity contribution is 0.130. The third kappa shape index (κ3) is 3.72. The summed E-state index contributed by atoms with van der Waals surface area (Å²) in [5.74, 6) is 2.02. The molecule has 7 nitrogen and oxygen atoms in total. The van der Waals surface area contributed by atoms with Gasteiger partial charge in [0.2, 0.25) is 0 Å². The van der Waals surface area contributed by atoms with Crippen LogP contribution >= 0.6 is 11.6 Å². The summed E-state index contributed by atoms with van der Waals surface area (Å²) < 4.78 is 4.52. The maximum absolute atomic E-state index is 13.0. The Balaban J connectivity index is 1.87. The summed E-state index contributed by atoms with van der Waals surface area (Å²) in [5.41, 5.74) is 1.06. The lowest BCUT2D eigenvalue weighted by Crippen LogP contribution is -2.39. The highest BCUT2D eigenvalue weighted by atomic mass is 35.5. The topological polar surface area (TPSA) is 65.1 Å². The molecule has 1 aliphatic heterocycles. The van der Waals surface area contributed by atoms with Crippen molar-refractivity contribution in [2.75, 3.05) is 13.1 Å². The molecule has 0 N–H and O–H groups in total. The zero-order valence-electron chi connectivity index (χ0n) is 17.9. The zero-order valence-corrected chi connectivity index (χ0v) is 18.7. The zero-order chi connectivity index (χ0) is 21.6. The van der Waals surface area contributed by atoms with E-state index in [1.54, 1.807) is 7.05 Å². The first-order valence-corrected chi connectivity index (χ1v) is 10.7. The molecule has 30 heavy (non-hydrogen) atoms. The number of nitrogens with zero attached hydrogens (tertiary/aromatic N) is 5. The first-order chi connectivity index (χ1) is 14.3. The summed E-state index contributed by atoms with van der Waals surface area (Å²) in [6.45, 7) is 7.60. The lowest BCUT2D eigenvalue weighted by Gasteiger charge is -2.34. The van der Waals surface area contributed by atoms with Gasteiger partial charge in [-0.2, -0.15) is 0 Å². The van der Waals surface area contributed by atoms with E-state index in [0.717, 1.165) is 29.0 Å². The fraction of sp³-hybridized carbons (Fsp3) is 0.500. The van der Waals surface area contributed by atoms with Gasteiger partial charge < -0.3 is 4.57 Å². The predicted molar refractivity (Wildman–Crippen MR) is 119 cm³/mol. The second-order valence-electron chi connectivity index (χ2n) is 8.72. The van der Waals surface area contributed by atoms with E-state index in [-0.39, 0.29) is 11.2 Å². The third-order valence-corrected chi connectivity index (χ3v) is 6.39. The molecule has 0 amide bonds. The van der Waals surface area contributed by atoms with E-state index in [4.69, 9.17) is 16.6 Å². The van der Waals surface area contributed by atoms with Crippen LogP contribution in [0.1, 0.15) is 31.7 Å². The van der Waals surface area contributed by atoms with Crippen LogP contribution in [0.25, 0.3) is 11.2 Å². The summed E-state index contributed by atoms with van der Waals surface area (Å²) in [5, 5.41) is 0.646. The average molecular weight is 430 g/mol. The van der Waals surface area contributed by atoms with Crippen molar-refractivity contribution in [3.05, 3.63) is 61.5 Å². The van der Waals surface area contributed by atoms with E-state index < -0.39 is 0 Å². The Hall–Kier alpha value is -2.38. The minimum absolute atomic E-state index is 0.334. The van der Waals surface area contributed by atoms with Gasteiger partial charge in [-0.05, 0) is 29.9 Å². The molecule has 4 rings (SSSR count). The van der Waals surface area contributed by atoms with Gasteiger partial charge in [0.15, 0.2) is 11.2 Å². The van der Waals surface area contributed by atoms with Crippen LogP contribution in [0.15, 0.2) is 33.9 Å². The van der Waals surface area contributed by atoms with Crippen LogP contribution in [0.3, 0.4) is 0 Å². The highest BCUT2D eigenvalue weighted by Gasteiger charge is 2.25. The van der Waals surface area contributed by atoms with Crippen molar-refractivity contribution in [1.29, 1.82) is 0 Å². The van der Waals surface area contributed by atoms with Crippen molar-refractivity contribution in [1.82, 2.24) is 23.6 Å². The highest BCUT2D eigenvalue weighted by molar-refractivity contribution is 6.31. The number of imidazole rings is 1. The number of fused-ring (bicyclic) bond motifs is 1. The number of hydrogen-bond donors (Lipinski definition) is 0. The molecule has 0 unspecified atom stereocenters. The summed E-state index contributed by atoms with van der Waals surface area (Å²) in [6, 6.07) is 7.62. The summed E-state index contributed by atoms with van der Waals surface area (Å²) >= 11 is 6.42. The van der Waals surface area contributed by atoms with Gasteiger partial charge in [0.25, 0.3) is 5.56 Å². The average Bonchev–Trinajstić information content (AvgIpc) is 3.04. The molecular formula is C22H28ClN5O2. The van der Waals surface area contributed by atoms with E-state index in [1.807, 2.05) is 28.8 Å². The Morgan fingerprint density at radius 1 is 1.03 bits per heavy atom. The van der Waals surface area contributed by atoms with Gasteiger partial charge >= 0.3 is 5.69 Å². The molecular weight excluding hydrogens is 402 g/mol. The summed E-state index contributed by atoms with van der Waals surface area (Å²) in [7, 11) is 3.16. The van der Waals surface area contributed by atoms with Gasteiger partial charge in [-0.3, -0.25) is 18.8 Å². The number of aromatic nitrogens is 4. The van der Waals surface area contributed by atoms with Crippen LogP contribution in [-0.2, 0) is 27.2 Å². The predicted octanol–water partition coefficient (Wildman–Crippen LogP) is 2.61. The molecule has 0 saturated carbocycles. The molecule has 3 heterocycles. The minimum Gasteiger partial charge on any atom is -0.316 e. The minimum atomic E-state index is -0.373. The quantitative estimate of drug-likeness (QED) is 0.639. The van der Waals surface area contributed by atoms with Crippen molar-refractivity contribution in [2.24, 2.45) is 25.9 Å². The molecule has 0 bridgehead atoms. The molecule has 1 aromatic carbocycles. The summed E-state index contributed by atoms with van der Waals surface area (Å²) in [4.78, 5) is 32.7. The lowest BCUT2D eigenvalue weighted by atomic mass is 9.92. The van der Waals surface area contributed by atoms with Crippen molar-refractivity contribution in [3.63, 3.8) is 0 Å². The summed E-state index contributed by atoms with van der Waals surface area (Å²) in [6.07, 6.45) is 1.22. The molecule has 2 atom stereocenters. The van der Waals surface area contributed by atoms with E-state index >= 15 is 0 Å². The van der Waals surface area contributed by atoms with Gasteiger partial charge in [0.05, 0.1) is 13.1 Å². The Bertz CT molecular complexity index is 1200. The highest BCUT2D eigenvalue weighted by Crippen LogP contribution is 2.24. The molecule has 0 spiro atoms. The largest absolute Gasteiger partial charge is 0.332 e. The number of aryl methyl sites for hydroxylation is 1. The maximum atomic E-state index is 13.0. The number of piperidine rings is 1. The molecule has 2 aromatic heterocycles. The SMILES string of the molecule is C[C@@H]1C[C@@H](C)CN(Cc2nc3c(c(=O)n(C)c(=O)n3C)n2Cc2ccccc2Cl)C1. The van der Waals surface area contributed by atoms with Gasteiger partial charge in [0, 0.05) is 32.2 Å². The van der Waals surface area contributed by atoms with Crippen molar-refractivity contribution >= 4 is 22.8 Å². The van der Waals surface area contributed by atoms with E-state index in [2.05, 4.69) is 18.7 Å². The van der Waals surface area contributed by atoms with E-state index in [9.17, 15) is 9.59 Å². The van der Waals surface area contributed by atoms with Crippen LogP contribution in [0.2, 0.25) is 5.02 Å². The number of benzene rings is 1. The monoisotopic (exact) mass is 429 g/mol. The fourth-order valence-electron chi connectivity index (χ4n) is 4.70. The fourth-order valence-corrected chi connectivity index (χ4v) is 4.90. The molecule has 0 aliphatic carbocycles. The molecule has 160 valence electrons. The van der Waals surface area contributed by atoms with Gasteiger partial charge in [-0.25, -0.2) is 9.78 Å². The Morgan fingerprint density at radius 3 is 2.37 bits per heavy atom. The Labute approximate surface area is 180 Å². The molecule has 3 aromatic rings. The molecule has 1 fully saturated rings. The molecule has 1 saturated heterocycles.